The molecule has 0 heterocycles. The van der Waals surface area contributed by atoms with E-state index in [1.54, 1.807) is 0 Å². The summed E-state index contributed by atoms with van der Waals surface area (Å²) in [5.74, 6) is 0.516. The number of carbonyl (C=O) groups is 1. The summed E-state index contributed by atoms with van der Waals surface area (Å²) >= 11 is 6.22. The van der Waals surface area contributed by atoms with Crippen LogP contribution in [0.4, 0.5) is 0 Å². The van der Waals surface area contributed by atoms with Gasteiger partial charge < -0.3 is 4.74 Å². The van der Waals surface area contributed by atoms with Crippen molar-refractivity contribution in [3.05, 3.63) is 0 Å². The van der Waals surface area contributed by atoms with Gasteiger partial charge in [0.2, 0.25) is 0 Å². The third kappa shape index (κ3) is 3.87. The standard InChI is InChI=1S/C11H19ClO2/c1-2-14-11(13)8-7-10(12)9-5-3-4-6-9/h9-10H,2-8H2,1H3. The van der Waals surface area contributed by atoms with Crippen molar-refractivity contribution in [1.29, 1.82) is 0 Å². The van der Waals surface area contributed by atoms with E-state index in [9.17, 15) is 4.79 Å². The Labute approximate surface area is 91.0 Å². The molecule has 0 aromatic rings. The third-order valence-electron chi connectivity index (χ3n) is 2.84. The van der Waals surface area contributed by atoms with Crippen LogP contribution in [0.15, 0.2) is 0 Å². The van der Waals surface area contributed by atoms with Gasteiger partial charge in [-0.15, -0.1) is 11.6 Å². The van der Waals surface area contributed by atoms with Crippen molar-refractivity contribution < 1.29 is 9.53 Å². The third-order valence-corrected chi connectivity index (χ3v) is 3.42. The molecule has 82 valence electrons. The van der Waals surface area contributed by atoms with Gasteiger partial charge in [0, 0.05) is 11.8 Å². The number of esters is 1. The van der Waals surface area contributed by atoms with Crippen molar-refractivity contribution in [2.24, 2.45) is 5.92 Å². The van der Waals surface area contributed by atoms with E-state index < -0.39 is 0 Å². The van der Waals surface area contributed by atoms with Crippen LogP contribution in [0.25, 0.3) is 0 Å². The Kier molecular flexibility index (Phi) is 5.31. The Morgan fingerprint density at radius 1 is 1.50 bits per heavy atom. The molecular weight excluding hydrogens is 200 g/mol. The van der Waals surface area contributed by atoms with Gasteiger partial charge in [0.1, 0.15) is 0 Å². The second kappa shape index (κ2) is 6.28. The molecule has 1 saturated carbocycles. The molecule has 0 bridgehead atoms. The lowest BCUT2D eigenvalue weighted by molar-refractivity contribution is -0.143. The molecule has 0 saturated heterocycles. The first-order valence-electron chi connectivity index (χ1n) is 5.53. The van der Waals surface area contributed by atoms with Crippen molar-refractivity contribution in [3.8, 4) is 0 Å². The minimum Gasteiger partial charge on any atom is -0.466 e. The number of alkyl halides is 1. The predicted molar refractivity (Wildman–Crippen MR) is 57.5 cm³/mol. The highest BCUT2D eigenvalue weighted by Crippen LogP contribution is 2.32. The normalized spacial score (nSPS) is 19.6. The molecule has 1 rings (SSSR count). The summed E-state index contributed by atoms with van der Waals surface area (Å²) in [4.78, 5) is 11.1. The van der Waals surface area contributed by atoms with E-state index in [0.717, 1.165) is 6.42 Å². The maximum atomic E-state index is 11.1. The van der Waals surface area contributed by atoms with E-state index in [1.807, 2.05) is 6.92 Å². The molecule has 0 aromatic carbocycles. The Bertz CT molecular complexity index is 176. The van der Waals surface area contributed by atoms with E-state index in [0.29, 0.717) is 18.9 Å². The van der Waals surface area contributed by atoms with Crippen molar-refractivity contribution in [3.63, 3.8) is 0 Å². The molecule has 1 atom stereocenters. The summed E-state index contributed by atoms with van der Waals surface area (Å²) in [6.45, 7) is 2.29. The lowest BCUT2D eigenvalue weighted by atomic mass is 10.00. The zero-order valence-corrected chi connectivity index (χ0v) is 9.55. The molecule has 1 aliphatic rings. The molecule has 2 nitrogen and oxygen atoms in total. The number of hydrogen-bond donors (Lipinski definition) is 0. The summed E-state index contributed by atoms with van der Waals surface area (Å²) in [5, 5.41) is 0.168. The Morgan fingerprint density at radius 2 is 2.14 bits per heavy atom. The van der Waals surface area contributed by atoms with Gasteiger partial charge >= 0.3 is 5.97 Å². The highest BCUT2D eigenvalue weighted by molar-refractivity contribution is 6.20. The van der Waals surface area contributed by atoms with Crippen LogP contribution in [0.3, 0.4) is 0 Å². The highest BCUT2D eigenvalue weighted by Gasteiger charge is 2.23. The maximum absolute atomic E-state index is 11.1. The number of halogens is 1. The van der Waals surface area contributed by atoms with Crippen LogP contribution in [0.5, 0.6) is 0 Å². The molecule has 0 amide bonds. The highest BCUT2D eigenvalue weighted by atomic mass is 35.5. The second-order valence-electron chi connectivity index (χ2n) is 3.90. The van der Waals surface area contributed by atoms with E-state index in [4.69, 9.17) is 16.3 Å². The monoisotopic (exact) mass is 218 g/mol. The number of hydrogen-bond acceptors (Lipinski definition) is 2. The van der Waals surface area contributed by atoms with Gasteiger partial charge in [0.15, 0.2) is 0 Å². The molecule has 14 heavy (non-hydrogen) atoms. The minimum absolute atomic E-state index is 0.115. The molecule has 0 aromatic heterocycles. The zero-order valence-electron chi connectivity index (χ0n) is 8.80. The minimum atomic E-state index is -0.115. The van der Waals surface area contributed by atoms with Gasteiger partial charge in [-0.2, -0.15) is 0 Å². The number of ether oxygens (including phenoxy) is 1. The number of rotatable bonds is 5. The van der Waals surface area contributed by atoms with Gasteiger partial charge in [-0.25, -0.2) is 0 Å². The van der Waals surface area contributed by atoms with Crippen molar-refractivity contribution >= 4 is 17.6 Å². The molecule has 1 fully saturated rings. The maximum Gasteiger partial charge on any atom is 0.305 e. The molecule has 0 radical (unpaired) electrons. The fourth-order valence-electron chi connectivity index (χ4n) is 2.04. The van der Waals surface area contributed by atoms with Gasteiger partial charge in [0.25, 0.3) is 0 Å². The predicted octanol–water partition coefficient (Wildman–Crippen LogP) is 3.13. The van der Waals surface area contributed by atoms with E-state index in [2.05, 4.69) is 0 Å². The first kappa shape index (κ1) is 11.8. The van der Waals surface area contributed by atoms with Crippen LogP contribution < -0.4 is 0 Å². The van der Waals surface area contributed by atoms with Gasteiger partial charge in [0.05, 0.1) is 6.61 Å². The van der Waals surface area contributed by atoms with Crippen molar-refractivity contribution in [2.45, 2.75) is 50.8 Å². The average molecular weight is 219 g/mol. The number of carbonyl (C=O) groups excluding carboxylic acids is 1. The van der Waals surface area contributed by atoms with Crippen LogP contribution in [-0.2, 0) is 9.53 Å². The molecule has 1 unspecified atom stereocenters. The Hall–Kier alpha value is -0.240. The molecule has 3 heteroatoms. The van der Waals surface area contributed by atoms with Gasteiger partial charge in [-0.1, -0.05) is 12.8 Å². The summed E-state index contributed by atoms with van der Waals surface area (Å²) in [5.41, 5.74) is 0. The zero-order chi connectivity index (χ0) is 10.4. The average Bonchev–Trinajstić information content (AvgIpc) is 2.67. The Morgan fingerprint density at radius 3 is 2.71 bits per heavy atom. The van der Waals surface area contributed by atoms with Crippen LogP contribution in [0.2, 0.25) is 0 Å². The van der Waals surface area contributed by atoms with Gasteiger partial charge in [-0.3, -0.25) is 4.79 Å². The quantitative estimate of drug-likeness (QED) is 0.524. The van der Waals surface area contributed by atoms with E-state index in [-0.39, 0.29) is 11.3 Å². The van der Waals surface area contributed by atoms with Crippen LogP contribution in [-0.4, -0.2) is 18.0 Å². The van der Waals surface area contributed by atoms with E-state index >= 15 is 0 Å². The lowest BCUT2D eigenvalue weighted by Gasteiger charge is -2.15. The van der Waals surface area contributed by atoms with Crippen LogP contribution >= 0.6 is 11.6 Å². The molecule has 0 N–H and O–H groups in total. The van der Waals surface area contributed by atoms with Crippen LogP contribution in [0, 0.1) is 5.92 Å². The Balaban J connectivity index is 2.13. The van der Waals surface area contributed by atoms with Crippen molar-refractivity contribution in [1.82, 2.24) is 0 Å². The fraction of sp³-hybridized carbons (Fsp3) is 0.909. The fourth-order valence-corrected chi connectivity index (χ4v) is 2.40. The van der Waals surface area contributed by atoms with Crippen LogP contribution in [0.1, 0.15) is 45.4 Å². The summed E-state index contributed by atoms with van der Waals surface area (Å²) in [6.07, 6.45) is 6.30. The first-order chi connectivity index (χ1) is 6.74. The van der Waals surface area contributed by atoms with Gasteiger partial charge in [-0.05, 0) is 32.1 Å². The smallest absolute Gasteiger partial charge is 0.305 e. The van der Waals surface area contributed by atoms with Crippen molar-refractivity contribution in [2.75, 3.05) is 6.61 Å². The molecular formula is C11H19ClO2. The first-order valence-corrected chi connectivity index (χ1v) is 5.97. The molecule has 1 aliphatic carbocycles. The second-order valence-corrected chi connectivity index (χ2v) is 4.46. The molecule has 0 aliphatic heterocycles. The topological polar surface area (TPSA) is 26.3 Å². The lowest BCUT2D eigenvalue weighted by Crippen LogP contribution is -2.14. The van der Waals surface area contributed by atoms with E-state index in [1.165, 1.54) is 25.7 Å². The summed E-state index contributed by atoms with van der Waals surface area (Å²) < 4.78 is 4.86. The molecule has 0 spiro atoms. The largest absolute Gasteiger partial charge is 0.466 e. The SMILES string of the molecule is CCOC(=O)CCC(Cl)C1CCCC1. The summed E-state index contributed by atoms with van der Waals surface area (Å²) in [6, 6.07) is 0. The summed E-state index contributed by atoms with van der Waals surface area (Å²) in [7, 11) is 0.